The minimum Gasteiger partial charge on any atom is -0.368 e. The number of rotatable bonds is 3. The lowest BCUT2D eigenvalue weighted by Gasteiger charge is -2.36. The van der Waals surface area contributed by atoms with Crippen molar-refractivity contribution in [1.82, 2.24) is 19.9 Å². The fourth-order valence-electron chi connectivity index (χ4n) is 3.78. The van der Waals surface area contributed by atoms with Gasteiger partial charge in [0.05, 0.1) is 17.4 Å². The first-order valence-electron chi connectivity index (χ1n) is 9.95. The Hall–Kier alpha value is -3.36. The summed E-state index contributed by atoms with van der Waals surface area (Å²) in [5, 5.41) is 7.60. The van der Waals surface area contributed by atoms with E-state index in [0.29, 0.717) is 26.2 Å². The molecular weight excluding hydrogens is 407 g/mol. The number of nitrogens with zero attached hydrogens (tertiary/aromatic N) is 5. The first kappa shape index (κ1) is 20.9. The lowest BCUT2D eigenvalue weighted by atomic mass is 10.1. The highest BCUT2D eigenvalue weighted by Crippen LogP contribution is 2.33. The molecule has 0 spiro atoms. The average molecular weight is 429 g/mol. The van der Waals surface area contributed by atoms with E-state index >= 15 is 0 Å². The van der Waals surface area contributed by atoms with Crippen molar-refractivity contribution in [3.8, 4) is 5.69 Å². The maximum absolute atomic E-state index is 13.3. The molecule has 1 aliphatic heterocycles. The van der Waals surface area contributed by atoms with Crippen LogP contribution in [-0.4, -0.2) is 52.0 Å². The largest absolute Gasteiger partial charge is 0.418 e. The molecule has 4 rings (SSSR count). The number of hydrogen-bond donors (Lipinski definition) is 0. The molecule has 1 saturated heterocycles. The van der Waals surface area contributed by atoms with Gasteiger partial charge >= 0.3 is 6.18 Å². The van der Waals surface area contributed by atoms with Crippen LogP contribution in [0.5, 0.6) is 0 Å². The number of alkyl halides is 3. The zero-order valence-electron chi connectivity index (χ0n) is 17.2. The highest BCUT2D eigenvalue weighted by Gasteiger charge is 2.34. The molecule has 31 heavy (non-hydrogen) atoms. The Balaban J connectivity index is 1.48. The molecule has 6 nitrogen and oxygen atoms in total. The second kappa shape index (κ2) is 8.05. The molecule has 0 atom stereocenters. The Morgan fingerprint density at radius 1 is 0.935 bits per heavy atom. The third-order valence-electron chi connectivity index (χ3n) is 5.65. The summed E-state index contributed by atoms with van der Waals surface area (Å²) in [5.41, 5.74) is 2.61. The third-order valence-corrected chi connectivity index (χ3v) is 5.65. The molecular formula is C22H22F3N5O. The standard InChI is InChI=1S/C22H22F3N5O/c1-15-6-5-9-19(16(15)2)28-10-12-29(13-11-28)21(31)18-14-30(27-26-18)20-8-4-3-7-17(20)22(23,24)25/h3-9,14H,10-13H2,1-2H3. The minimum absolute atomic E-state index is 0.0252. The monoisotopic (exact) mass is 429 g/mol. The number of anilines is 1. The van der Waals surface area contributed by atoms with Crippen LogP contribution in [0.4, 0.5) is 18.9 Å². The molecule has 0 N–H and O–H groups in total. The molecule has 2 aromatic carbocycles. The van der Waals surface area contributed by atoms with Gasteiger partial charge in [0, 0.05) is 31.9 Å². The predicted octanol–water partition coefficient (Wildman–Crippen LogP) is 3.87. The van der Waals surface area contributed by atoms with Crippen molar-refractivity contribution in [2.75, 3.05) is 31.1 Å². The number of amides is 1. The van der Waals surface area contributed by atoms with E-state index in [1.54, 1.807) is 4.90 Å². The summed E-state index contributed by atoms with van der Waals surface area (Å²) in [6.07, 6.45) is -3.28. The molecule has 2 heterocycles. The van der Waals surface area contributed by atoms with Gasteiger partial charge in [-0.15, -0.1) is 5.10 Å². The second-order valence-corrected chi connectivity index (χ2v) is 7.56. The minimum atomic E-state index is -4.53. The number of para-hydroxylation sites is 1. The van der Waals surface area contributed by atoms with Crippen LogP contribution in [0.15, 0.2) is 48.7 Å². The van der Waals surface area contributed by atoms with Crippen molar-refractivity contribution in [3.05, 3.63) is 71.0 Å². The summed E-state index contributed by atoms with van der Waals surface area (Å²) < 4.78 is 40.8. The molecule has 1 amide bonds. The SMILES string of the molecule is Cc1cccc(N2CCN(C(=O)c3cn(-c4ccccc4C(F)(F)F)nn3)CC2)c1C. The summed E-state index contributed by atoms with van der Waals surface area (Å²) in [7, 11) is 0. The van der Waals surface area contributed by atoms with Crippen LogP contribution in [0.2, 0.25) is 0 Å². The quantitative estimate of drug-likeness (QED) is 0.635. The maximum atomic E-state index is 13.3. The Kier molecular flexibility index (Phi) is 5.43. The van der Waals surface area contributed by atoms with Gasteiger partial charge in [0.1, 0.15) is 0 Å². The first-order chi connectivity index (χ1) is 14.8. The van der Waals surface area contributed by atoms with Crippen LogP contribution >= 0.6 is 0 Å². The van der Waals surface area contributed by atoms with Gasteiger partial charge in [-0.25, -0.2) is 4.68 Å². The number of piperazine rings is 1. The molecule has 9 heteroatoms. The van der Waals surface area contributed by atoms with Gasteiger partial charge in [0.25, 0.3) is 5.91 Å². The summed E-state index contributed by atoms with van der Waals surface area (Å²) in [6.45, 7) is 6.48. The summed E-state index contributed by atoms with van der Waals surface area (Å²) in [4.78, 5) is 16.8. The van der Waals surface area contributed by atoms with E-state index < -0.39 is 11.7 Å². The number of aromatic nitrogens is 3. The van der Waals surface area contributed by atoms with Crippen molar-refractivity contribution in [3.63, 3.8) is 0 Å². The van der Waals surface area contributed by atoms with E-state index in [1.165, 1.54) is 35.5 Å². The Morgan fingerprint density at radius 2 is 1.61 bits per heavy atom. The topological polar surface area (TPSA) is 54.3 Å². The van der Waals surface area contributed by atoms with Crippen LogP contribution in [-0.2, 0) is 6.18 Å². The molecule has 0 saturated carbocycles. The van der Waals surface area contributed by atoms with Crippen molar-refractivity contribution in [1.29, 1.82) is 0 Å². The average Bonchev–Trinajstić information content (AvgIpc) is 3.25. The van der Waals surface area contributed by atoms with E-state index in [4.69, 9.17) is 0 Å². The van der Waals surface area contributed by atoms with Crippen molar-refractivity contribution < 1.29 is 18.0 Å². The highest BCUT2D eigenvalue weighted by molar-refractivity contribution is 5.92. The number of carbonyl (C=O) groups excluding carboxylic acids is 1. The van der Waals surface area contributed by atoms with Crippen LogP contribution < -0.4 is 4.90 Å². The first-order valence-corrected chi connectivity index (χ1v) is 9.95. The Labute approximate surface area is 177 Å². The van der Waals surface area contributed by atoms with Gasteiger partial charge in [-0.2, -0.15) is 13.2 Å². The van der Waals surface area contributed by atoms with E-state index in [-0.39, 0.29) is 17.3 Å². The number of halogens is 3. The molecule has 1 fully saturated rings. The molecule has 162 valence electrons. The van der Waals surface area contributed by atoms with Crippen LogP contribution in [0.3, 0.4) is 0 Å². The normalized spacial score (nSPS) is 14.7. The van der Waals surface area contributed by atoms with Crippen LogP contribution in [0.25, 0.3) is 5.69 Å². The second-order valence-electron chi connectivity index (χ2n) is 7.56. The van der Waals surface area contributed by atoms with Crippen molar-refractivity contribution >= 4 is 11.6 Å². The summed E-state index contributed by atoms with van der Waals surface area (Å²) >= 11 is 0. The zero-order chi connectivity index (χ0) is 22.2. The molecule has 0 unspecified atom stereocenters. The maximum Gasteiger partial charge on any atom is 0.418 e. The van der Waals surface area contributed by atoms with Crippen molar-refractivity contribution in [2.24, 2.45) is 0 Å². The molecule has 0 aliphatic carbocycles. The fraction of sp³-hybridized carbons (Fsp3) is 0.318. The van der Waals surface area contributed by atoms with Gasteiger partial charge in [-0.3, -0.25) is 4.79 Å². The van der Waals surface area contributed by atoms with Gasteiger partial charge in [0.15, 0.2) is 5.69 Å². The predicted molar refractivity (Wildman–Crippen MR) is 110 cm³/mol. The molecule has 3 aromatic rings. The van der Waals surface area contributed by atoms with Gasteiger partial charge < -0.3 is 9.80 Å². The Morgan fingerprint density at radius 3 is 2.32 bits per heavy atom. The van der Waals surface area contributed by atoms with Gasteiger partial charge in [-0.1, -0.05) is 29.5 Å². The highest BCUT2D eigenvalue weighted by atomic mass is 19.4. The molecule has 0 bridgehead atoms. The van der Waals surface area contributed by atoms with E-state index in [0.717, 1.165) is 16.4 Å². The van der Waals surface area contributed by atoms with E-state index in [1.807, 2.05) is 6.07 Å². The summed E-state index contributed by atoms with van der Waals surface area (Å²) in [6, 6.07) is 11.2. The Bertz CT molecular complexity index is 1100. The van der Waals surface area contributed by atoms with Crippen molar-refractivity contribution in [2.45, 2.75) is 20.0 Å². The number of carbonyl (C=O) groups is 1. The lowest BCUT2D eigenvalue weighted by molar-refractivity contribution is -0.137. The third kappa shape index (κ3) is 4.12. The van der Waals surface area contributed by atoms with Crippen LogP contribution in [0, 0.1) is 13.8 Å². The summed E-state index contributed by atoms with van der Waals surface area (Å²) in [5.74, 6) is -0.337. The number of hydrogen-bond acceptors (Lipinski definition) is 4. The van der Waals surface area contributed by atoms with E-state index in [2.05, 4.69) is 41.2 Å². The van der Waals surface area contributed by atoms with E-state index in [9.17, 15) is 18.0 Å². The smallest absolute Gasteiger partial charge is 0.368 e. The number of aryl methyl sites for hydroxylation is 1. The van der Waals surface area contributed by atoms with Gasteiger partial charge in [0.2, 0.25) is 0 Å². The zero-order valence-corrected chi connectivity index (χ0v) is 17.2. The molecule has 0 radical (unpaired) electrons. The fourth-order valence-corrected chi connectivity index (χ4v) is 3.78. The van der Waals surface area contributed by atoms with Gasteiger partial charge in [-0.05, 0) is 43.2 Å². The molecule has 1 aliphatic rings. The number of benzene rings is 2. The lowest BCUT2D eigenvalue weighted by Crippen LogP contribution is -2.49. The van der Waals surface area contributed by atoms with Crippen LogP contribution in [0.1, 0.15) is 27.2 Å². The molecule has 1 aromatic heterocycles.